The number of pyridine rings is 1. The first-order chi connectivity index (χ1) is 7.18. The number of aromatic nitrogens is 1. The van der Waals surface area contributed by atoms with Crippen LogP contribution in [0.2, 0.25) is 0 Å². The molecule has 0 bridgehead atoms. The Bertz CT molecular complexity index is 335. The standard InChI is InChI=1S/C10H14N4S/c1-8(2)13-10(15)14-12-7-9-3-5-11-6-4-9/h3-8H,1-2H3,(H2,13,14,15)/b12-7+. The van der Waals surface area contributed by atoms with Gasteiger partial charge >= 0.3 is 0 Å². The molecule has 1 rings (SSSR count). The average molecular weight is 222 g/mol. The zero-order valence-electron chi connectivity index (χ0n) is 8.77. The highest BCUT2D eigenvalue weighted by Gasteiger charge is 1.94. The Balaban J connectivity index is 2.37. The van der Waals surface area contributed by atoms with E-state index in [0.29, 0.717) is 11.2 Å². The van der Waals surface area contributed by atoms with Gasteiger partial charge in [-0.1, -0.05) is 0 Å². The maximum absolute atomic E-state index is 5.00. The number of hydrazone groups is 1. The van der Waals surface area contributed by atoms with Gasteiger partial charge in [0.25, 0.3) is 0 Å². The van der Waals surface area contributed by atoms with Crippen molar-refractivity contribution in [1.82, 2.24) is 15.7 Å². The predicted octanol–water partition coefficient (Wildman–Crippen LogP) is 1.29. The van der Waals surface area contributed by atoms with Crippen LogP contribution in [0.4, 0.5) is 0 Å². The van der Waals surface area contributed by atoms with Gasteiger partial charge in [-0.25, -0.2) is 0 Å². The highest BCUT2D eigenvalue weighted by atomic mass is 32.1. The highest BCUT2D eigenvalue weighted by molar-refractivity contribution is 7.80. The van der Waals surface area contributed by atoms with Crippen LogP contribution in [0.3, 0.4) is 0 Å². The van der Waals surface area contributed by atoms with E-state index in [1.165, 1.54) is 0 Å². The number of thiocarbonyl (C=S) groups is 1. The fourth-order valence-corrected chi connectivity index (χ4v) is 1.20. The first-order valence-electron chi connectivity index (χ1n) is 4.68. The summed E-state index contributed by atoms with van der Waals surface area (Å²) in [6.07, 6.45) is 5.12. The third kappa shape index (κ3) is 5.07. The van der Waals surface area contributed by atoms with Crippen LogP contribution in [0.5, 0.6) is 0 Å². The van der Waals surface area contributed by atoms with Crippen LogP contribution in [0.15, 0.2) is 29.6 Å². The maximum Gasteiger partial charge on any atom is 0.187 e. The molecule has 15 heavy (non-hydrogen) atoms. The average Bonchev–Trinajstić information content (AvgIpc) is 2.18. The van der Waals surface area contributed by atoms with Crippen LogP contribution in [0.25, 0.3) is 0 Å². The molecule has 5 heteroatoms. The lowest BCUT2D eigenvalue weighted by atomic mass is 10.3. The van der Waals surface area contributed by atoms with Crippen molar-refractivity contribution < 1.29 is 0 Å². The maximum atomic E-state index is 5.00. The van der Waals surface area contributed by atoms with Crippen molar-refractivity contribution in [3.05, 3.63) is 30.1 Å². The van der Waals surface area contributed by atoms with Gasteiger partial charge in [0.2, 0.25) is 0 Å². The van der Waals surface area contributed by atoms with Crippen molar-refractivity contribution in [1.29, 1.82) is 0 Å². The number of nitrogens with one attached hydrogen (secondary N) is 2. The van der Waals surface area contributed by atoms with Gasteiger partial charge in [0.1, 0.15) is 0 Å². The van der Waals surface area contributed by atoms with Crippen LogP contribution in [0, 0.1) is 0 Å². The fraction of sp³-hybridized carbons (Fsp3) is 0.300. The molecule has 0 saturated carbocycles. The van der Waals surface area contributed by atoms with Crippen molar-refractivity contribution >= 4 is 23.5 Å². The minimum absolute atomic E-state index is 0.307. The van der Waals surface area contributed by atoms with E-state index in [9.17, 15) is 0 Å². The second-order valence-electron chi connectivity index (χ2n) is 3.28. The number of rotatable bonds is 3. The molecule has 0 spiro atoms. The van der Waals surface area contributed by atoms with E-state index in [4.69, 9.17) is 12.2 Å². The lowest BCUT2D eigenvalue weighted by Gasteiger charge is -2.09. The summed E-state index contributed by atoms with van der Waals surface area (Å²) < 4.78 is 0. The lowest BCUT2D eigenvalue weighted by Crippen LogP contribution is -2.36. The molecule has 0 saturated heterocycles. The topological polar surface area (TPSA) is 49.3 Å². The van der Waals surface area contributed by atoms with Crippen molar-refractivity contribution in [2.75, 3.05) is 0 Å². The van der Waals surface area contributed by atoms with E-state index < -0.39 is 0 Å². The van der Waals surface area contributed by atoms with Gasteiger partial charge in [-0.3, -0.25) is 10.4 Å². The van der Waals surface area contributed by atoms with E-state index >= 15 is 0 Å². The fourth-order valence-electron chi connectivity index (χ4n) is 0.909. The van der Waals surface area contributed by atoms with Crippen LogP contribution >= 0.6 is 12.2 Å². The van der Waals surface area contributed by atoms with Crippen molar-refractivity contribution in [3.8, 4) is 0 Å². The summed E-state index contributed by atoms with van der Waals surface area (Å²) >= 11 is 5.00. The summed E-state index contributed by atoms with van der Waals surface area (Å²) in [4.78, 5) is 3.91. The Morgan fingerprint density at radius 3 is 2.73 bits per heavy atom. The highest BCUT2D eigenvalue weighted by Crippen LogP contribution is 1.90. The van der Waals surface area contributed by atoms with Gasteiger partial charge < -0.3 is 5.32 Å². The second-order valence-corrected chi connectivity index (χ2v) is 3.69. The molecule has 0 amide bonds. The molecule has 4 nitrogen and oxygen atoms in total. The lowest BCUT2D eigenvalue weighted by molar-refractivity contribution is 0.720. The Labute approximate surface area is 94.8 Å². The zero-order valence-corrected chi connectivity index (χ0v) is 9.58. The molecule has 1 heterocycles. The van der Waals surface area contributed by atoms with Crippen LogP contribution in [0.1, 0.15) is 19.4 Å². The molecule has 0 aromatic carbocycles. The molecule has 2 N–H and O–H groups in total. The van der Waals surface area contributed by atoms with Gasteiger partial charge in [0.15, 0.2) is 5.11 Å². The van der Waals surface area contributed by atoms with E-state index in [0.717, 1.165) is 5.56 Å². The monoisotopic (exact) mass is 222 g/mol. The first kappa shape index (κ1) is 11.6. The van der Waals surface area contributed by atoms with Gasteiger partial charge in [-0.05, 0) is 43.8 Å². The van der Waals surface area contributed by atoms with Crippen LogP contribution in [-0.4, -0.2) is 22.4 Å². The minimum atomic E-state index is 0.307. The van der Waals surface area contributed by atoms with E-state index in [1.807, 2.05) is 26.0 Å². The van der Waals surface area contributed by atoms with E-state index in [2.05, 4.69) is 20.8 Å². The Kier molecular flexibility index (Phi) is 4.70. The quantitative estimate of drug-likeness (QED) is 0.459. The summed E-state index contributed by atoms with van der Waals surface area (Å²) in [7, 11) is 0. The summed E-state index contributed by atoms with van der Waals surface area (Å²) in [6.45, 7) is 4.03. The van der Waals surface area contributed by atoms with Crippen molar-refractivity contribution in [2.24, 2.45) is 5.10 Å². The molecule has 0 unspecified atom stereocenters. The molecule has 0 aliphatic heterocycles. The summed E-state index contributed by atoms with van der Waals surface area (Å²) in [5.41, 5.74) is 3.71. The molecule has 1 aromatic heterocycles. The second kappa shape index (κ2) is 6.08. The molecule has 0 radical (unpaired) electrons. The molecule has 80 valence electrons. The van der Waals surface area contributed by atoms with E-state index in [-0.39, 0.29) is 0 Å². The minimum Gasteiger partial charge on any atom is -0.359 e. The first-order valence-corrected chi connectivity index (χ1v) is 5.09. The number of hydrogen-bond donors (Lipinski definition) is 2. The third-order valence-electron chi connectivity index (χ3n) is 1.51. The zero-order chi connectivity index (χ0) is 11.1. The normalized spacial score (nSPS) is 10.6. The molecular weight excluding hydrogens is 208 g/mol. The van der Waals surface area contributed by atoms with Crippen molar-refractivity contribution in [2.45, 2.75) is 19.9 Å². The largest absolute Gasteiger partial charge is 0.359 e. The van der Waals surface area contributed by atoms with E-state index in [1.54, 1.807) is 18.6 Å². The molecule has 0 aliphatic carbocycles. The van der Waals surface area contributed by atoms with Crippen LogP contribution < -0.4 is 10.7 Å². The van der Waals surface area contributed by atoms with Crippen molar-refractivity contribution in [3.63, 3.8) is 0 Å². The molecular formula is C10H14N4S. The van der Waals surface area contributed by atoms with Gasteiger partial charge in [-0.2, -0.15) is 5.10 Å². The summed E-state index contributed by atoms with van der Waals surface area (Å²) in [5.74, 6) is 0. The van der Waals surface area contributed by atoms with Gasteiger partial charge in [-0.15, -0.1) is 0 Å². The Hall–Kier alpha value is -1.49. The third-order valence-corrected chi connectivity index (χ3v) is 1.71. The van der Waals surface area contributed by atoms with Gasteiger partial charge in [0.05, 0.1) is 6.21 Å². The molecule has 0 fully saturated rings. The predicted molar refractivity (Wildman–Crippen MR) is 65.8 cm³/mol. The Morgan fingerprint density at radius 2 is 2.13 bits per heavy atom. The molecule has 0 atom stereocenters. The number of hydrogen-bond acceptors (Lipinski definition) is 3. The summed E-state index contributed by atoms with van der Waals surface area (Å²) in [6, 6.07) is 4.04. The molecule has 0 aliphatic rings. The summed E-state index contributed by atoms with van der Waals surface area (Å²) in [5, 5.41) is 7.53. The van der Waals surface area contributed by atoms with Crippen LogP contribution in [-0.2, 0) is 0 Å². The number of nitrogens with zero attached hydrogens (tertiary/aromatic N) is 2. The Morgan fingerprint density at radius 1 is 1.47 bits per heavy atom. The van der Waals surface area contributed by atoms with Gasteiger partial charge in [0, 0.05) is 18.4 Å². The smallest absolute Gasteiger partial charge is 0.187 e. The SMILES string of the molecule is CC(C)NC(=S)N/N=C/c1ccncc1. The molecule has 1 aromatic rings.